The topological polar surface area (TPSA) is 80.1 Å². The van der Waals surface area contributed by atoms with E-state index in [-0.39, 0.29) is 29.1 Å². The summed E-state index contributed by atoms with van der Waals surface area (Å²) in [6, 6.07) is 6.44. The summed E-state index contributed by atoms with van der Waals surface area (Å²) in [5.74, 6) is 1.88. The van der Waals surface area contributed by atoms with Gasteiger partial charge in [0.25, 0.3) is 0 Å². The molecule has 1 aromatic carbocycles. The van der Waals surface area contributed by atoms with Gasteiger partial charge in [0, 0.05) is 38.2 Å². The van der Waals surface area contributed by atoms with Crippen LogP contribution in [0.3, 0.4) is 0 Å². The Morgan fingerprint density at radius 1 is 1.14 bits per heavy atom. The van der Waals surface area contributed by atoms with Crippen LogP contribution in [0.1, 0.15) is 88.6 Å². The van der Waals surface area contributed by atoms with E-state index < -0.39 is 0 Å². The molecule has 1 aliphatic heterocycles. The van der Waals surface area contributed by atoms with Crippen molar-refractivity contribution in [1.29, 1.82) is 0 Å². The van der Waals surface area contributed by atoms with E-state index in [1.54, 1.807) is 11.8 Å². The Hall–Kier alpha value is -2.70. The first-order chi connectivity index (χ1) is 16.5. The number of hydrogen-bond acceptors (Lipinski definition) is 4. The molecule has 1 saturated heterocycles. The predicted molar refractivity (Wildman–Crippen MR) is 138 cm³/mol. The number of carbonyl (C=O) groups is 2. The number of aromatic nitrogens is 3. The molecule has 2 atom stereocenters. The van der Waals surface area contributed by atoms with Crippen molar-refractivity contribution in [1.82, 2.24) is 19.7 Å². The largest absolute Gasteiger partial charge is 0.341 e. The molecule has 7 heteroatoms. The van der Waals surface area contributed by atoms with E-state index in [4.69, 9.17) is 0 Å². The molecule has 4 rings (SSSR count). The molecule has 1 saturated carbocycles. The van der Waals surface area contributed by atoms with E-state index in [0.29, 0.717) is 25.0 Å². The van der Waals surface area contributed by atoms with Gasteiger partial charge in [-0.05, 0) is 56.1 Å². The summed E-state index contributed by atoms with van der Waals surface area (Å²) in [7, 11) is 0. The zero-order valence-electron chi connectivity index (χ0n) is 22.4. The van der Waals surface area contributed by atoms with Crippen molar-refractivity contribution in [2.45, 2.75) is 86.1 Å². The van der Waals surface area contributed by atoms with Crippen molar-refractivity contribution in [3.05, 3.63) is 41.0 Å². The van der Waals surface area contributed by atoms with Gasteiger partial charge in [0.2, 0.25) is 11.8 Å². The average Bonchev–Trinajstić information content (AvgIpc) is 3.37. The van der Waals surface area contributed by atoms with E-state index in [2.05, 4.69) is 53.8 Å². The lowest BCUT2D eigenvalue weighted by Gasteiger charge is -2.29. The fraction of sp³-hybridized carbons (Fsp3) is 0.643. The molecular formula is C28H41N5O2. The van der Waals surface area contributed by atoms with Crippen molar-refractivity contribution >= 4 is 17.5 Å². The first kappa shape index (κ1) is 25.4. The molecule has 1 N–H and O–H groups in total. The number of hydrogen-bond donors (Lipinski definition) is 1. The van der Waals surface area contributed by atoms with Gasteiger partial charge in [-0.1, -0.05) is 45.4 Å². The predicted octanol–water partition coefficient (Wildman–Crippen LogP) is 5.05. The van der Waals surface area contributed by atoms with Crippen LogP contribution in [0.15, 0.2) is 18.2 Å². The summed E-state index contributed by atoms with van der Waals surface area (Å²) in [6.45, 7) is 15.7. The number of likely N-dealkylation sites (tertiary alicyclic amines) is 1. The Morgan fingerprint density at radius 3 is 2.46 bits per heavy atom. The number of benzene rings is 1. The molecule has 35 heavy (non-hydrogen) atoms. The molecule has 190 valence electrons. The van der Waals surface area contributed by atoms with Gasteiger partial charge >= 0.3 is 0 Å². The van der Waals surface area contributed by atoms with Gasteiger partial charge in [-0.15, -0.1) is 10.2 Å². The first-order valence-corrected chi connectivity index (χ1v) is 13.0. The second-order valence-electron chi connectivity index (χ2n) is 11.7. The van der Waals surface area contributed by atoms with Crippen molar-refractivity contribution in [2.24, 2.45) is 17.3 Å². The maximum atomic E-state index is 13.5. The number of rotatable bonds is 8. The Kier molecular flexibility index (Phi) is 7.07. The third kappa shape index (κ3) is 5.44. The highest BCUT2D eigenvalue weighted by molar-refractivity contribution is 5.94. The second-order valence-corrected chi connectivity index (χ2v) is 11.7. The zero-order valence-corrected chi connectivity index (χ0v) is 22.4. The van der Waals surface area contributed by atoms with Crippen molar-refractivity contribution in [3.63, 3.8) is 0 Å². The monoisotopic (exact) mass is 479 g/mol. The van der Waals surface area contributed by atoms with Gasteiger partial charge in [0.05, 0.1) is 11.8 Å². The van der Waals surface area contributed by atoms with Crippen LogP contribution >= 0.6 is 0 Å². The first-order valence-electron chi connectivity index (χ1n) is 13.0. The van der Waals surface area contributed by atoms with Crippen LogP contribution in [-0.2, 0) is 16.0 Å². The SMILES string of the molecule is CC(=O)N1C[C@H](C(=O)Nc2ccc(C)cc2C)[C@@H](c2nnc(CCC(C)(C)C(C)C)n2C2CC2)C1. The lowest BCUT2D eigenvalue weighted by Crippen LogP contribution is -2.31. The molecule has 0 spiro atoms. The third-order valence-corrected chi connectivity index (χ3v) is 8.33. The molecule has 2 amide bonds. The Balaban J connectivity index is 1.61. The molecule has 7 nitrogen and oxygen atoms in total. The maximum absolute atomic E-state index is 13.5. The highest BCUT2D eigenvalue weighted by Crippen LogP contribution is 2.42. The van der Waals surface area contributed by atoms with Crippen molar-refractivity contribution < 1.29 is 9.59 Å². The normalized spacial score (nSPS) is 20.5. The van der Waals surface area contributed by atoms with Crippen LogP contribution < -0.4 is 5.32 Å². The van der Waals surface area contributed by atoms with Gasteiger partial charge in [0.15, 0.2) is 0 Å². The fourth-order valence-corrected chi connectivity index (χ4v) is 4.98. The van der Waals surface area contributed by atoms with Crippen LogP contribution in [0.25, 0.3) is 0 Å². The summed E-state index contributed by atoms with van der Waals surface area (Å²) in [5, 5.41) is 12.4. The molecule has 1 aromatic heterocycles. The zero-order chi connectivity index (χ0) is 25.5. The molecule has 0 radical (unpaired) electrons. The lowest BCUT2D eigenvalue weighted by atomic mass is 9.77. The van der Waals surface area contributed by atoms with Gasteiger partial charge in [0.1, 0.15) is 11.6 Å². The minimum Gasteiger partial charge on any atom is -0.341 e. The van der Waals surface area contributed by atoms with E-state index in [9.17, 15) is 9.59 Å². The molecule has 0 unspecified atom stereocenters. The number of aryl methyl sites for hydroxylation is 3. The van der Waals surface area contributed by atoms with E-state index in [1.165, 1.54) is 0 Å². The van der Waals surface area contributed by atoms with Crippen LogP contribution in [0, 0.1) is 31.1 Å². The third-order valence-electron chi connectivity index (χ3n) is 8.33. The minimum atomic E-state index is -0.360. The highest BCUT2D eigenvalue weighted by atomic mass is 16.2. The Labute approximate surface area is 209 Å². The molecule has 2 heterocycles. The summed E-state index contributed by atoms with van der Waals surface area (Å²) in [5.41, 5.74) is 3.23. The molecule has 2 aliphatic rings. The van der Waals surface area contributed by atoms with E-state index in [0.717, 1.165) is 54.1 Å². The summed E-state index contributed by atoms with van der Waals surface area (Å²) in [4.78, 5) is 27.6. The molecule has 2 aromatic rings. The van der Waals surface area contributed by atoms with Crippen LogP contribution in [0.4, 0.5) is 5.69 Å². The highest BCUT2D eigenvalue weighted by Gasteiger charge is 2.44. The summed E-state index contributed by atoms with van der Waals surface area (Å²) in [6.07, 6.45) is 4.15. The second kappa shape index (κ2) is 9.75. The molecule has 1 aliphatic carbocycles. The average molecular weight is 480 g/mol. The van der Waals surface area contributed by atoms with Gasteiger partial charge in [-0.2, -0.15) is 0 Å². The number of anilines is 1. The Bertz CT molecular complexity index is 1100. The van der Waals surface area contributed by atoms with Crippen molar-refractivity contribution in [2.75, 3.05) is 18.4 Å². The van der Waals surface area contributed by atoms with Gasteiger partial charge in [-0.25, -0.2) is 0 Å². The van der Waals surface area contributed by atoms with E-state index in [1.807, 2.05) is 26.0 Å². The number of nitrogens with zero attached hydrogens (tertiary/aromatic N) is 4. The maximum Gasteiger partial charge on any atom is 0.230 e. The van der Waals surface area contributed by atoms with Crippen LogP contribution in [-0.4, -0.2) is 44.6 Å². The number of amides is 2. The minimum absolute atomic E-state index is 0.00629. The van der Waals surface area contributed by atoms with Crippen LogP contribution in [0.5, 0.6) is 0 Å². The summed E-state index contributed by atoms with van der Waals surface area (Å²) < 4.78 is 2.31. The smallest absolute Gasteiger partial charge is 0.230 e. The number of nitrogens with one attached hydrogen (secondary N) is 1. The molecule has 0 bridgehead atoms. The fourth-order valence-electron chi connectivity index (χ4n) is 4.98. The van der Waals surface area contributed by atoms with E-state index >= 15 is 0 Å². The quantitative estimate of drug-likeness (QED) is 0.575. The molecule has 2 fully saturated rings. The van der Waals surface area contributed by atoms with Gasteiger partial charge in [-0.3, -0.25) is 9.59 Å². The lowest BCUT2D eigenvalue weighted by molar-refractivity contribution is -0.128. The molecular weight excluding hydrogens is 438 g/mol. The number of carbonyl (C=O) groups excluding carboxylic acids is 2. The summed E-state index contributed by atoms with van der Waals surface area (Å²) >= 11 is 0. The Morgan fingerprint density at radius 2 is 1.86 bits per heavy atom. The van der Waals surface area contributed by atoms with Crippen LogP contribution in [0.2, 0.25) is 0 Å². The van der Waals surface area contributed by atoms with Gasteiger partial charge < -0.3 is 14.8 Å². The standard InChI is InChI=1S/C28H41N5O2/c1-17(2)28(6,7)13-12-25-30-31-26(33(25)21-9-10-21)22-15-32(20(5)34)16-23(22)27(35)29-24-11-8-18(3)14-19(24)4/h8,11,14,17,21-23H,9-10,12-13,15-16H2,1-7H3,(H,29,35)/t22-,23-/m0/s1. The van der Waals surface area contributed by atoms with Crippen molar-refractivity contribution in [3.8, 4) is 0 Å².